The van der Waals surface area contributed by atoms with E-state index in [1.807, 2.05) is 39.8 Å². The van der Waals surface area contributed by atoms with Crippen LogP contribution >= 0.6 is 0 Å². The average Bonchev–Trinajstić information content (AvgIpc) is 2.59. The largest absolute Gasteiger partial charge is 0.496 e. The molecule has 1 N–H and O–H groups in total. The van der Waals surface area contributed by atoms with Gasteiger partial charge in [0.25, 0.3) is 0 Å². The molecule has 0 unspecified atom stereocenters. The maximum Gasteiger partial charge on any atom is 0.428 e. The molecule has 1 heterocycles. The fourth-order valence-corrected chi connectivity index (χ4v) is 2.98. The number of nitrogens with one attached hydrogen (secondary N) is 1. The zero-order valence-corrected chi connectivity index (χ0v) is 16.6. The number of ether oxygens (including phenoxy) is 2. The second kappa shape index (κ2) is 9.03. The SMILES string of the molecule is COc1ccc(/C(C)=N\NC(=O)OC(C)(C)C)cc1CN1CCCCC1. The average molecular weight is 361 g/mol. The first-order valence-corrected chi connectivity index (χ1v) is 9.21. The first-order valence-electron chi connectivity index (χ1n) is 9.21. The van der Waals surface area contributed by atoms with Gasteiger partial charge < -0.3 is 9.47 Å². The van der Waals surface area contributed by atoms with Crippen LogP contribution in [-0.2, 0) is 11.3 Å². The summed E-state index contributed by atoms with van der Waals surface area (Å²) in [6.07, 6.45) is 3.26. The van der Waals surface area contributed by atoms with Crippen molar-refractivity contribution >= 4 is 11.8 Å². The summed E-state index contributed by atoms with van der Waals surface area (Å²) in [5.74, 6) is 0.882. The number of carbonyl (C=O) groups excluding carboxylic acids is 1. The lowest BCUT2D eigenvalue weighted by atomic mass is 10.0. The van der Waals surface area contributed by atoms with Gasteiger partial charge in [-0.15, -0.1) is 0 Å². The van der Waals surface area contributed by atoms with E-state index in [0.29, 0.717) is 0 Å². The molecule has 1 amide bonds. The van der Waals surface area contributed by atoms with E-state index in [4.69, 9.17) is 9.47 Å². The number of hydrogen-bond donors (Lipinski definition) is 1. The minimum Gasteiger partial charge on any atom is -0.496 e. The van der Waals surface area contributed by atoms with Crippen molar-refractivity contribution < 1.29 is 14.3 Å². The Bertz CT molecular complexity index is 644. The highest BCUT2D eigenvalue weighted by atomic mass is 16.6. The number of benzene rings is 1. The molecule has 1 fully saturated rings. The van der Waals surface area contributed by atoms with Gasteiger partial charge in [0, 0.05) is 12.1 Å². The first kappa shape index (κ1) is 20.2. The van der Waals surface area contributed by atoms with E-state index < -0.39 is 11.7 Å². The number of piperidine rings is 1. The van der Waals surface area contributed by atoms with E-state index in [9.17, 15) is 4.79 Å². The Hall–Kier alpha value is -2.08. The number of methoxy groups -OCH3 is 1. The predicted octanol–water partition coefficient (Wildman–Crippen LogP) is 3.93. The fraction of sp³-hybridized carbons (Fsp3) is 0.600. The summed E-state index contributed by atoms with van der Waals surface area (Å²) in [6, 6.07) is 6.00. The molecule has 1 aromatic rings. The summed E-state index contributed by atoms with van der Waals surface area (Å²) in [4.78, 5) is 14.2. The fourth-order valence-electron chi connectivity index (χ4n) is 2.98. The molecule has 1 aromatic carbocycles. The van der Waals surface area contributed by atoms with E-state index in [1.54, 1.807) is 7.11 Å². The molecular formula is C20H31N3O3. The summed E-state index contributed by atoms with van der Waals surface area (Å²) in [5, 5.41) is 4.16. The van der Waals surface area contributed by atoms with Gasteiger partial charge in [-0.25, -0.2) is 10.2 Å². The monoisotopic (exact) mass is 361 g/mol. The van der Waals surface area contributed by atoms with Gasteiger partial charge in [-0.05, 0) is 77.4 Å². The molecule has 0 saturated carbocycles. The molecular weight excluding hydrogens is 330 g/mol. The summed E-state index contributed by atoms with van der Waals surface area (Å²) in [7, 11) is 1.69. The molecule has 0 spiro atoms. The highest BCUT2D eigenvalue weighted by molar-refractivity contribution is 5.99. The van der Waals surface area contributed by atoms with Gasteiger partial charge in [-0.2, -0.15) is 5.10 Å². The van der Waals surface area contributed by atoms with Gasteiger partial charge >= 0.3 is 6.09 Å². The van der Waals surface area contributed by atoms with Crippen molar-refractivity contribution in [2.75, 3.05) is 20.2 Å². The van der Waals surface area contributed by atoms with Crippen molar-refractivity contribution in [2.24, 2.45) is 5.10 Å². The predicted molar refractivity (Wildman–Crippen MR) is 104 cm³/mol. The maximum absolute atomic E-state index is 11.8. The Kier molecular flexibility index (Phi) is 7.03. The van der Waals surface area contributed by atoms with Crippen LogP contribution in [0.2, 0.25) is 0 Å². The van der Waals surface area contributed by atoms with E-state index in [0.717, 1.165) is 42.2 Å². The third kappa shape index (κ3) is 6.33. The molecule has 2 rings (SSSR count). The van der Waals surface area contributed by atoms with E-state index in [2.05, 4.69) is 21.5 Å². The number of nitrogens with zero attached hydrogens (tertiary/aromatic N) is 2. The van der Waals surface area contributed by atoms with Gasteiger partial charge in [0.05, 0.1) is 12.8 Å². The summed E-state index contributed by atoms with van der Waals surface area (Å²) < 4.78 is 10.7. The van der Waals surface area contributed by atoms with Crippen molar-refractivity contribution in [1.82, 2.24) is 10.3 Å². The molecule has 0 aliphatic carbocycles. The highest BCUT2D eigenvalue weighted by Gasteiger charge is 2.16. The lowest BCUT2D eigenvalue weighted by Crippen LogP contribution is -2.30. The molecule has 1 aliphatic heterocycles. The van der Waals surface area contributed by atoms with Crippen LogP contribution in [0.1, 0.15) is 58.1 Å². The zero-order valence-electron chi connectivity index (χ0n) is 16.6. The Labute approximate surface area is 156 Å². The molecule has 26 heavy (non-hydrogen) atoms. The molecule has 144 valence electrons. The Morgan fingerprint density at radius 3 is 2.54 bits per heavy atom. The summed E-state index contributed by atoms with van der Waals surface area (Å²) in [6.45, 7) is 10.4. The third-order valence-corrected chi connectivity index (χ3v) is 4.25. The molecule has 1 saturated heterocycles. The van der Waals surface area contributed by atoms with E-state index in [1.165, 1.54) is 19.3 Å². The lowest BCUT2D eigenvalue weighted by Gasteiger charge is -2.27. The van der Waals surface area contributed by atoms with Gasteiger partial charge in [0.1, 0.15) is 11.4 Å². The van der Waals surface area contributed by atoms with Crippen molar-refractivity contribution in [3.63, 3.8) is 0 Å². The van der Waals surface area contributed by atoms with Crippen LogP contribution in [-0.4, -0.2) is 42.5 Å². The van der Waals surface area contributed by atoms with Gasteiger partial charge in [0.15, 0.2) is 0 Å². The van der Waals surface area contributed by atoms with Crippen LogP contribution in [0.5, 0.6) is 5.75 Å². The van der Waals surface area contributed by atoms with E-state index >= 15 is 0 Å². The highest BCUT2D eigenvalue weighted by Crippen LogP contribution is 2.23. The van der Waals surface area contributed by atoms with Crippen molar-refractivity contribution in [3.05, 3.63) is 29.3 Å². The Morgan fingerprint density at radius 2 is 1.92 bits per heavy atom. The molecule has 0 radical (unpaired) electrons. The van der Waals surface area contributed by atoms with Gasteiger partial charge in [-0.3, -0.25) is 4.90 Å². The van der Waals surface area contributed by atoms with Gasteiger partial charge in [0.2, 0.25) is 0 Å². The van der Waals surface area contributed by atoms with E-state index in [-0.39, 0.29) is 0 Å². The second-order valence-electron chi connectivity index (χ2n) is 7.67. The second-order valence-corrected chi connectivity index (χ2v) is 7.67. The molecule has 6 heteroatoms. The number of rotatable bonds is 5. The first-order chi connectivity index (χ1) is 12.3. The zero-order chi connectivity index (χ0) is 19.2. The Balaban J connectivity index is 2.09. The number of likely N-dealkylation sites (tertiary alicyclic amines) is 1. The van der Waals surface area contributed by atoms with Crippen LogP contribution in [0.25, 0.3) is 0 Å². The number of hydrazone groups is 1. The molecule has 6 nitrogen and oxygen atoms in total. The Morgan fingerprint density at radius 1 is 1.23 bits per heavy atom. The molecule has 0 atom stereocenters. The number of hydrogen-bond acceptors (Lipinski definition) is 5. The van der Waals surface area contributed by atoms with Crippen LogP contribution in [0.15, 0.2) is 23.3 Å². The van der Waals surface area contributed by atoms with Crippen LogP contribution < -0.4 is 10.2 Å². The van der Waals surface area contributed by atoms with Crippen LogP contribution in [0.3, 0.4) is 0 Å². The van der Waals surface area contributed by atoms with Crippen molar-refractivity contribution in [2.45, 2.75) is 59.1 Å². The quantitative estimate of drug-likeness (QED) is 0.637. The molecule has 1 aliphatic rings. The topological polar surface area (TPSA) is 63.2 Å². The summed E-state index contributed by atoms with van der Waals surface area (Å²) >= 11 is 0. The number of amides is 1. The van der Waals surface area contributed by atoms with Crippen molar-refractivity contribution in [1.29, 1.82) is 0 Å². The molecule has 0 bridgehead atoms. The molecule has 0 aromatic heterocycles. The third-order valence-electron chi connectivity index (χ3n) is 4.25. The van der Waals surface area contributed by atoms with Crippen molar-refractivity contribution in [3.8, 4) is 5.75 Å². The minimum absolute atomic E-state index is 0.546. The van der Waals surface area contributed by atoms with Gasteiger partial charge in [-0.1, -0.05) is 6.42 Å². The standard InChI is InChI=1S/C20H31N3O3/c1-15(21-22-19(24)26-20(2,3)4)16-9-10-18(25-5)17(13-16)14-23-11-7-6-8-12-23/h9-10,13H,6-8,11-12,14H2,1-5H3,(H,22,24)/b21-15-. The normalized spacial score (nSPS) is 16.3. The smallest absolute Gasteiger partial charge is 0.428 e. The lowest BCUT2D eigenvalue weighted by molar-refractivity contribution is 0.0529. The van der Waals surface area contributed by atoms with Crippen LogP contribution in [0.4, 0.5) is 4.79 Å². The minimum atomic E-state index is -0.557. The number of carbonyl (C=O) groups is 1. The maximum atomic E-state index is 11.8. The summed E-state index contributed by atoms with van der Waals surface area (Å²) in [5.41, 5.74) is 4.72. The van der Waals surface area contributed by atoms with Crippen LogP contribution in [0, 0.1) is 0 Å².